The van der Waals surface area contributed by atoms with E-state index in [0.29, 0.717) is 0 Å². The van der Waals surface area contributed by atoms with Crippen molar-refractivity contribution in [2.75, 3.05) is 21.1 Å². The first-order chi connectivity index (χ1) is 15.1. The second-order valence-electron chi connectivity index (χ2n) is 8.29. The number of benzene rings is 5. The quantitative estimate of drug-likeness (QED) is 0.178. The first-order valence-corrected chi connectivity index (χ1v) is 13.8. The Labute approximate surface area is 191 Å². The van der Waals surface area contributed by atoms with E-state index >= 15 is 0 Å². The molecule has 0 saturated heterocycles. The Bertz CT molecular complexity index is 1350. The Morgan fingerprint density at radius 3 is 1.87 bits per heavy atom. The van der Waals surface area contributed by atoms with Crippen LogP contribution in [0.15, 0.2) is 78.9 Å². The molecule has 0 radical (unpaired) electrons. The molecule has 0 bridgehead atoms. The van der Waals surface area contributed by atoms with Gasteiger partial charge in [0.05, 0.1) is 0 Å². The molecule has 5 aromatic carbocycles. The molecule has 0 heterocycles. The highest BCUT2D eigenvalue weighted by atomic mass is 28.3. The van der Waals surface area contributed by atoms with E-state index in [4.69, 9.17) is 8.23 Å². The van der Waals surface area contributed by atoms with Crippen molar-refractivity contribution < 1.29 is 8.23 Å². The molecular formula is C25H29NO2Si3. The third kappa shape index (κ3) is 4.95. The van der Waals surface area contributed by atoms with Crippen molar-refractivity contribution in [1.29, 1.82) is 0 Å². The maximum atomic E-state index is 5.92. The predicted molar refractivity (Wildman–Crippen MR) is 145 cm³/mol. The minimum atomic E-state index is -0.763. The van der Waals surface area contributed by atoms with Crippen LogP contribution in [-0.2, 0) is 8.23 Å². The Morgan fingerprint density at radius 1 is 0.645 bits per heavy atom. The Hall–Kier alpha value is -2.33. The number of fused-ring (bicyclic) bond motifs is 5. The molecule has 0 amide bonds. The molecule has 0 spiro atoms. The van der Waals surface area contributed by atoms with Crippen molar-refractivity contribution in [2.45, 2.75) is 0 Å². The average Bonchev–Trinajstić information content (AvgIpc) is 2.76. The number of hydrogen-bond donors (Lipinski definition) is 0. The van der Waals surface area contributed by atoms with Crippen LogP contribution in [0.3, 0.4) is 0 Å². The van der Waals surface area contributed by atoms with Crippen molar-refractivity contribution >= 4 is 78.5 Å². The Balaban J connectivity index is 0.000000535. The maximum Gasteiger partial charge on any atom is 0.283 e. The van der Waals surface area contributed by atoms with E-state index in [-0.39, 0.29) is 0 Å². The first-order valence-electron chi connectivity index (χ1n) is 10.5. The molecule has 0 aliphatic carbocycles. The third-order valence-corrected chi connectivity index (χ3v) is 8.60. The first kappa shape index (κ1) is 21.9. The predicted octanol–water partition coefficient (Wildman–Crippen LogP) is 2.50. The maximum absolute atomic E-state index is 5.92. The largest absolute Gasteiger partial charge is 0.449 e. The minimum Gasteiger partial charge on any atom is -0.449 e. The molecule has 0 atom stereocenters. The summed E-state index contributed by atoms with van der Waals surface area (Å²) in [6.07, 6.45) is 0. The van der Waals surface area contributed by atoms with Gasteiger partial charge in [0.2, 0.25) is 0 Å². The van der Waals surface area contributed by atoms with Gasteiger partial charge in [0.15, 0.2) is 9.76 Å². The summed E-state index contributed by atoms with van der Waals surface area (Å²) in [6, 6.07) is 29.0. The number of nitrogens with zero attached hydrogens (tertiary/aromatic N) is 1. The van der Waals surface area contributed by atoms with Crippen LogP contribution in [0, 0.1) is 0 Å². The van der Waals surface area contributed by atoms with Gasteiger partial charge in [0.1, 0.15) is 10.5 Å². The molecule has 0 aliphatic rings. The SMILES string of the molecule is CN(C)C.[SiH3]O[SiH2]O[SiH2]c1cccc2cc3ccc4cc5ccccc5cc4c3cc12. The fraction of sp³-hybridized carbons (Fsp3) is 0.120. The van der Waals surface area contributed by atoms with E-state index in [1.807, 2.05) is 26.0 Å². The normalized spacial score (nSPS) is 12.3. The molecule has 158 valence electrons. The molecule has 0 aliphatic heterocycles. The average molecular weight is 460 g/mol. The standard InChI is InChI=1S/C22H20O2Si3.C3H9N/c25-23-27-24-26-22-7-3-6-16-11-18-9-8-17-10-14-4-1-2-5-15(14)12-19(17)20(18)13-21(16)22;1-4(2)3/h1-13H,26-27H2,25H3;1-3H3. The van der Waals surface area contributed by atoms with Gasteiger partial charge in [-0.05, 0) is 93.7 Å². The van der Waals surface area contributed by atoms with Crippen LogP contribution in [0.2, 0.25) is 0 Å². The molecule has 5 rings (SSSR count). The zero-order chi connectivity index (χ0) is 21.8. The van der Waals surface area contributed by atoms with Crippen molar-refractivity contribution in [1.82, 2.24) is 4.90 Å². The van der Waals surface area contributed by atoms with Gasteiger partial charge in [-0.2, -0.15) is 0 Å². The fourth-order valence-electron chi connectivity index (χ4n) is 3.95. The van der Waals surface area contributed by atoms with E-state index in [9.17, 15) is 0 Å². The summed E-state index contributed by atoms with van der Waals surface area (Å²) in [5.41, 5.74) is 0. The molecule has 0 N–H and O–H groups in total. The second-order valence-corrected chi connectivity index (χ2v) is 13.5. The summed E-state index contributed by atoms with van der Waals surface area (Å²) in [6.45, 7) is 0. The Kier molecular flexibility index (Phi) is 6.96. The fourth-order valence-corrected chi connectivity index (χ4v) is 8.02. The van der Waals surface area contributed by atoms with Gasteiger partial charge < -0.3 is 13.1 Å². The third-order valence-electron chi connectivity index (χ3n) is 5.25. The monoisotopic (exact) mass is 459 g/mol. The van der Waals surface area contributed by atoms with Gasteiger partial charge in [-0.3, -0.25) is 0 Å². The topological polar surface area (TPSA) is 21.7 Å². The highest BCUT2D eigenvalue weighted by molar-refractivity contribution is 6.56. The van der Waals surface area contributed by atoms with Crippen LogP contribution in [0.4, 0.5) is 0 Å². The zero-order valence-corrected chi connectivity index (χ0v) is 23.5. The van der Waals surface area contributed by atoms with Crippen molar-refractivity contribution in [3.63, 3.8) is 0 Å². The summed E-state index contributed by atoms with van der Waals surface area (Å²) in [5.74, 6) is 0. The summed E-state index contributed by atoms with van der Waals surface area (Å²) in [4.78, 5) is 2.00. The second kappa shape index (κ2) is 9.86. The molecule has 6 heteroatoms. The lowest BCUT2D eigenvalue weighted by Crippen LogP contribution is -2.21. The number of hydrogen-bond acceptors (Lipinski definition) is 3. The van der Waals surface area contributed by atoms with Gasteiger partial charge in [-0.15, -0.1) is 0 Å². The van der Waals surface area contributed by atoms with Crippen LogP contribution in [0.25, 0.3) is 43.1 Å². The lowest BCUT2D eigenvalue weighted by Gasteiger charge is -2.11. The molecule has 3 nitrogen and oxygen atoms in total. The van der Waals surface area contributed by atoms with Crippen LogP contribution in [-0.4, -0.2) is 56.3 Å². The van der Waals surface area contributed by atoms with Gasteiger partial charge in [0.25, 0.3) is 10.0 Å². The summed E-state index contributed by atoms with van der Waals surface area (Å²) >= 11 is 0. The van der Waals surface area contributed by atoms with Crippen LogP contribution in [0.1, 0.15) is 0 Å². The van der Waals surface area contributed by atoms with Crippen molar-refractivity contribution in [2.24, 2.45) is 0 Å². The summed E-state index contributed by atoms with van der Waals surface area (Å²) < 4.78 is 11.3. The van der Waals surface area contributed by atoms with Crippen LogP contribution < -0.4 is 5.19 Å². The van der Waals surface area contributed by atoms with Gasteiger partial charge in [-0.25, -0.2) is 0 Å². The number of rotatable bonds is 4. The van der Waals surface area contributed by atoms with Crippen molar-refractivity contribution in [3.05, 3.63) is 78.9 Å². The van der Waals surface area contributed by atoms with Gasteiger partial charge in [-0.1, -0.05) is 54.6 Å². The lowest BCUT2D eigenvalue weighted by atomic mass is 9.96. The Morgan fingerprint density at radius 2 is 1.19 bits per heavy atom. The molecule has 0 saturated carbocycles. The van der Waals surface area contributed by atoms with E-state index in [1.54, 1.807) is 0 Å². The van der Waals surface area contributed by atoms with E-state index < -0.39 is 19.8 Å². The highest BCUT2D eigenvalue weighted by Crippen LogP contribution is 2.31. The molecular weight excluding hydrogens is 431 g/mol. The van der Waals surface area contributed by atoms with E-state index in [1.165, 1.54) is 48.3 Å². The highest BCUT2D eigenvalue weighted by Gasteiger charge is 2.08. The summed E-state index contributed by atoms with van der Waals surface area (Å²) in [5, 5.41) is 11.8. The van der Waals surface area contributed by atoms with Gasteiger partial charge in [0, 0.05) is 0 Å². The molecule has 0 fully saturated rings. The molecule has 0 aromatic heterocycles. The van der Waals surface area contributed by atoms with E-state index in [0.717, 1.165) is 10.5 Å². The smallest absolute Gasteiger partial charge is 0.283 e. The van der Waals surface area contributed by atoms with Crippen molar-refractivity contribution in [3.8, 4) is 0 Å². The zero-order valence-electron chi connectivity index (χ0n) is 18.7. The van der Waals surface area contributed by atoms with E-state index in [2.05, 4.69) is 78.9 Å². The van der Waals surface area contributed by atoms with Crippen LogP contribution >= 0.6 is 0 Å². The van der Waals surface area contributed by atoms with Crippen LogP contribution in [0.5, 0.6) is 0 Å². The molecule has 0 unspecified atom stereocenters. The minimum absolute atomic E-state index is 0.737. The molecule has 5 aromatic rings. The summed E-state index contributed by atoms with van der Waals surface area (Å²) in [7, 11) is 5.28. The van der Waals surface area contributed by atoms with Gasteiger partial charge >= 0.3 is 0 Å². The molecule has 31 heavy (non-hydrogen) atoms. The lowest BCUT2D eigenvalue weighted by molar-refractivity contribution is 0.505.